The number of fused-ring (bicyclic) bond motifs is 1. The van der Waals surface area contributed by atoms with E-state index < -0.39 is 0 Å². The number of aliphatic hydroxyl groups is 1. The molecular weight excluding hydrogens is 332 g/mol. The lowest BCUT2D eigenvalue weighted by atomic mass is 10.2. The van der Waals surface area contributed by atoms with Gasteiger partial charge in [-0.25, -0.2) is 9.97 Å². The van der Waals surface area contributed by atoms with Gasteiger partial charge < -0.3 is 15.2 Å². The summed E-state index contributed by atoms with van der Waals surface area (Å²) < 4.78 is 7.79. The normalized spacial score (nSPS) is 11.0. The van der Waals surface area contributed by atoms with E-state index in [4.69, 9.17) is 22.1 Å². The predicted molar refractivity (Wildman–Crippen MR) is 93.0 cm³/mol. The molecule has 0 aliphatic carbocycles. The molecule has 0 unspecified atom stereocenters. The summed E-state index contributed by atoms with van der Waals surface area (Å²) in [5.41, 5.74) is 2.55. The van der Waals surface area contributed by atoms with Gasteiger partial charge >= 0.3 is 0 Å². The third kappa shape index (κ3) is 3.91. The highest BCUT2D eigenvalue weighted by atomic mass is 32.1. The van der Waals surface area contributed by atoms with Crippen LogP contribution in [-0.2, 0) is 18.0 Å². The molecule has 2 aromatic heterocycles. The largest absolute Gasteiger partial charge is 0.394 e. The van der Waals surface area contributed by atoms with Crippen LogP contribution in [0.4, 0.5) is 5.13 Å². The number of benzene rings is 1. The minimum Gasteiger partial charge on any atom is -0.394 e. The van der Waals surface area contributed by atoms with Crippen LogP contribution in [0.15, 0.2) is 36.7 Å². The Balaban J connectivity index is 1.81. The molecule has 2 heterocycles. The summed E-state index contributed by atoms with van der Waals surface area (Å²) in [4.78, 5) is 8.88. The van der Waals surface area contributed by atoms with Crippen LogP contribution >= 0.6 is 23.6 Å². The van der Waals surface area contributed by atoms with E-state index in [1.807, 2.05) is 18.2 Å². The summed E-state index contributed by atoms with van der Waals surface area (Å²) >= 11 is 6.81. The van der Waals surface area contributed by atoms with Gasteiger partial charge in [-0.05, 0) is 5.56 Å². The van der Waals surface area contributed by atoms with Gasteiger partial charge in [-0.2, -0.15) is 0 Å². The van der Waals surface area contributed by atoms with Gasteiger partial charge in [0.1, 0.15) is 16.1 Å². The Kier molecular flexibility index (Phi) is 5.29. The average molecular weight is 348 g/mol. The first kappa shape index (κ1) is 16.0. The molecule has 6 nitrogen and oxygen atoms in total. The Hall–Kier alpha value is -1.87. The monoisotopic (exact) mass is 348 g/mol. The summed E-state index contributed by atoms with van der Waals surface area (Å²) in [5, 5.41) is 12.8. The molecule has 0 aliphatic rings. The molecule has 0 bridgehead atoms. The molecule has 2 N–H and O–H groups in total. The highest BCUT2D eigenvalue weighted by Crippen LogP contribution is 2.22. The van der Waals surface area contributed by atoms with Gasteiger partial charge in [-0.3, -0.25) is 4.57 Å². The fourth-order valence-electron chi connectivity index (χ4n) is 2.06. The standard InChI is InChI=1S/C15H16N4O2S2/c20-6-7-21-10-19-9-17-12-13(19)18-15(23-14(12)22)16-8-11-4-2-1-3-5-11/h1-5,9,20H,6-8,10H2,(H,16,18). The fourth-order valence-corrected chi connectivity index (χ4v) is 3.14. The van der Waals surface area contributed by atoms with Crippen LogP contribution in [0.25, 0.3) is 11.2 Å². The zero-order chi connectivity index (χ0) is 16.1. The number of anilines is 1. The van der Waals surface area contributed by atoms with Crippen molar-refractivity contribution in [1.82, 2.24) is 14.5 Å². The second kappa shape index (κ2) is 7.60. The minimum atomic E-state index is -0.0156. The number of hydrogen-bond donors (Lipinski definition) is 2. The molecule has 0 radical (unpaired) electrons. The van der Waals surface area contributed by atoms with E-state index in [2.05, 4.69) is 27.4 Å². The average Bonchev–Trinajstić information content (AvgIpc) is 2.98. The molecule has 3 aromatic rings. The van der Waals surface area contributed by atoms with E-state index in [0.29, 0.717) is 21.5 Å². The Morgan fingerprint density at radius 2 is 2.13 bits per heavy atom. The molecule has 23 heavy (non-hydrogen) atoms. The first-order valence-corrected chi connectivity index (χ1v) is 8.33. The number of aliphatic hydroxyl groups excluding tert-OH is 1. The topological polar surface area (TPSA) is 72.2 Å². The molecule has 1 aromatic carbocycles. The van der Waals surface area contributed by atoms with E-state index in [9.17, 15) is 0 Å². The maximum Gasteiger partial charge on any atom is 0.186 e. The smallest absolute Gasteiger partial charge is 0.186 e. The van der Waals surface area contributed by atoms with Crippen molar-refractivity contribution in [2.75, 3.05) is 18.5 Å². The van der Waals surface area contributed by atoms with Crippen LogP contribution in [0.1, 0.15) is 5.56 Å². The van der Waals surface area contributed by atoms with E-state index in [0.717, 1.165) is 5.13 Å². The van der Waals surface area contributed by atoms with Crippen molar-refractivity contribution in [3.63, 3.8) is 0 Å². The SMILES string of the molecule is OCCOCn1cnc2c(=S)sc(NCc3ccccc3)nc21. The second-order valence-corrected chi connectivity index (χ2v) is 6.46. The third-order valence-electron chi connectivity index (χ3n) is 3.15. The lowest BCUT2D eigenvalue weighted by molar-refractivity contribution is 0.0499. The maximum absolute atomic E-state index is 8.78. The highest BCUT2D eigenvalue weighted by molar-refractivity contribution is 7.74. The summed E-state index contributed by atoms with van der Waals surface area (Å²) in [6.45, 7) is 1.22. The van der Waals surface area contributed by atoms with Gasteiger partial charge in [0, 0.05) is 6.54 Å². The van der Waals surface area contributed by atoms with Crippen molar-refractivity contribution < 1.29 is 9.84 Å². The molecule has 0 saturated carbocycles. The first-order valence-electron chi connectivity index (χ1n) is 7.10. The van der Waals surface area contributed by atoms with Gasteiger partial charge in [0.25, 0.3) is 0 Å². The molecule has 0 saturated heterocycles. The van der Waals surface area contributed by atoms with Crippen LogP contribution < -0.4 is 5.32 Å². The van der Waals surface area contributed by atoms with Crippen LogP contribution in [-0.4, -0.2) is 32.9 Å². The number of nitrogens with one attached hydrogen (secondary N) is 1. The van der Waals surface area contributed by atoms with E-state index in [1.54, 1.807) is 10.9 Å². The molecule has 0 aliphatic heterocycles. The first-order chi connectivity index (χ1) is 11.3. The molecule has 3 rings (SSSR count). The van der Waals surface area contributed by atoms with Crippen molar-refractivity contribution in [2.24, 2.45) is 0 Å². The molecular formula is C15H16N4O2S2. The van der Waals surface area contributed by atoms with Gasteiger partial charge in [0.2, 0.25) is 0 Å². The summed E-state index contributed by atoms with van der Waals surface area (Å²) in [6.07, 6.45) is 1.65. The number of ether oxygens (including phenoxy) is 1. The predicted octanol–water partition coefficient (Wildman–Crippen LogP) is 2.80. The molecule has 8 heteroatoms. The highest BCUT2D eigenvalue weighted by Gasteiger charge is 2.09. The van der Waals surface area contributed by atoms with Crippen molar-refractivity contribution in [1.29, 1.82) is 0 Å². The summed E-state index contributed by atoms with van der Waals surface area (Å²) in [7, 11) is 0. The number of nitrogens with zero attached hydrogens (tertiary/aromatic N) is 3. The maximum atomic E-state index is 8.78. The fraction of sp³-hybridized carbons (Fsp3) is 0.267. The lowest BCUT2D eigenvalue weighted by Gasteiger charge is -2.07. The van der Waals surface area contributed by atoms with Crippen molar-refractivity contribution in [3.8, 4) is 0 Å². The van der Waals surface area contributed by atoms with Crippen LogP contribution in [0, 0.1) is 3.82 Å². The van der Waals surface area contributed by atoms with Crippen LogP contribution in [0.2, 0.25) is 0 Å². The Labute approximate surface area is 142 Å². The number of imidazole rings is 1. The van der Waals surface area contributed by atoms with E-state index >= 15 is 0 Å². The van der Waals surface area contributed by atoms with Crippen molar-refractivity contribution >= 4 is 39.9 Å². The quantitative estimate of drug-likeness (QED) is 0.505. The second-order valence-electron chi connectivity index (χ2n) is 4.79. The van der Waals surface area contributed by atoms with Crippen molar-refractivity contribution in [3.05, 3.63) is 46.0 Å². The van der Waals surface area contributed by atoms with Gasteiger partial charge in [0.15, 0.2) is 10.8 Å². The van der Waals surface area contributed by atoms with Crippen LogP contribution in [0.3, 0.4) is 0 Å². The summed E-state index contributed by atoms with van der Waals surface area (Å²) in [6, 6.07) is 10.1. The molecule has 0 spiro atoms. The molecule has 0 fully saturated rings. The van der Waals surface area contributed by atoms with E-state index in [1.165, 1.54) is 16.9 Å². The Morgan fingerprint density at radius 1 is 1.30 bits per heavy atom. The van der Waals surface area contributed by atoms with E-state index in [-0.39, 0.29) is 19.9 Å². The molecule has 0 atom stereocenters. The number of aromatic nitrogens is 3. The summed E-state index contributed by atoms with van der Waals surface area (Å²) in [5.74, 6) is 0. The third-order valence-corrected chi connectivity index (χ3v) is 4.40. The zero-order valence-corrected chi connectivity index (χ0v) is 13.9. The lowest BCUT2D eigenvalue weighted by Crippen LogP contribution is -2.06. The van der Waals surface area contributed by atoms with Gasteiger partial charge in [-0.1, -0.05) is 53.9 Å². The Morgan fingerprint density at radius 3 is 2.91 bits per heavy atom. The molecule has 0 amide bonds. The number of hydrogen-bond acceptors (Lipinski definition) is 7. The Bertz CT molecular complexity index is 832. The number of rotatable bonds is 7. The van der Waals surface area contributed by atoms with Gasteiger partial charge in [0.05, 0.1) is 19.5 Å². The molecule has 120 valence electrons. The van der Waals surface area contributed by atoms with Gasteiger partial charge in [-0.15, -0.1) is 0 Å². The minimum absolute atomic E-state index is 0.0156. The van der Waals surface area contributed by atoms with Crippen molar-refractivity contribution in [2.45, 2.75) is 13.3 Å². The van der Waals surface area contributed by atoms with Crippen LogP contribution in [0.5, 0.6) is 0 Å². The zero-order valence-electron chi connectivity index (χ0n) is 12.3.